The second-order valence-corrected chi connectivity index (χ2v) is 11.6. The highest BCUT2D eigenvalue weighted by Crippen LogP contribution is 2.44. The number of benzene rings is 2. The van der Waals surface area contributed by atoms with Gasteiger partial charge in [-0.15, -0.1) is 0 Å². The van der Waals surface area contributed by atoms with Crippen LogP contribution in [0.15, 0.2) is 87.9 Å². The lowest BCUT2D eigenvalue weighted by molar-refractivity contribution is -0.123. The maximum absolute atomic E-state index is 12.6. The third-order valence-corrected chi connectivity index (χ3v) is 7.38. The molecule has 2 atom stereocenters. The van der Waals surface area contributed by atoms with Gasteiger partial charge in [-0.3, -0.25) is 9.78 Å². The first-order valence-electron chi connectivity index (χ1n) is 12.5. The molecule has 5 rings (SSSR count). The number of rotatable bonds is 6. The number of anilines is 2. The fourth-order valence-electron chi connectivity index (χ4n) is 4.45. The Labute approximate surface area is 241 Å². The van der Waals surface area contributed by atoms with Crippen molar-refractivity contribution < 1.29 is 13.9 Å². The summed E-state index contributed by atoms with van der Waals surface area (Å²) in [5.41, 5.74) is 2.65. The molecule has 1 saturated heterocycles. The van der Waals surface area contributed by atoms with Gasteiger partial charge in [0.1, 0.15) is 23.3 Å². The van der Waals surface area contributed by atoms with Crippen LogP contribution in [-0.2, 0) is 4.79 Å². The third-order valence-electron chi connectivity index (χ3n) is 6.54. The number of methoxy groups -OCH3 is 1. The van der Waals surface area contributed by atoms with Crippen molar-refractivity contribution in [3.63, 3.8) is 0 Å². The number of carbonyl (C=O) groups excluding carboxylic acids is 1. The highest BCUT2D eigenvalue weighted by atomic mass is 79.9. The minimum absolute atomic E-state index is 0.101. The van der Waals surface area contributed by atoms with Crippen LogP contribution in [0.2, 0.25) is 0 Å². The van der Waals surface area contributed by atoms with Crippen LogP contribution in [0.4, 0.5) is 11.4 Å². The van der Waals surface area contributed by atoms with Crippen molar-refractivity contribution in [1.29, 1.82) is 0 Å². The van der Waals surface area contributed by atoms with E-state index < -0.39 is 5.41 Å². The zero-order chi connectivity index (χ0) is 27.7. The van der Waals surface area contributed by atoms with Crippen molar-refractivity contribution in [3.8, 4) is 17.1 Å². The Morgan fingerprint density at radius 2 is 1.87 bits per heavy atom. The molecule has 0 saturated carbocycles. The number of ether oxygens (including phenoxy) is 1. The molecular weight excluding hydrogens is 576 g/mol. The van der Waals surface area contributed by atoms with Gasteiger partial charge in [0.05, 0.1) is 24.5 Å². The summed E-state index contributed by atoms with van der Waals surface area (Å²) in [6.45, 7) is 5.60. The smallest absolute Gasteiger partial charge is 0.229 e. The number of nitrogens with one attached hydrogen (secondary N) is 2. The number of thiocarbonyl (C=S) groups is 1. The number of amides is 1. The molecule has 2 N–H and O–H groups in total. The lowest BCUT2D eigenvalue weighted by Gasteiger charge is -2.27. The highest BCUT2D eigenvalue weighted by Gasteiger charge is 2.43. The molecule has 7 nitrogen and oxygen atoms in total. The molecular formula is C30H29BrN4O3S. The number of carbonyl (C=O) groups is 1. The number of halogens is 1. The molecule has 3 heterocycles. The van der Waals surface area contributed by atoms with Crippen molar-refractivity contribution in [2.45, 2.75) is 32.9 Å². The van der Waals surface area contributed by atoms with Crippen LogP contribution < -0.4 is 20.3 Å². The van der Waals surface area contributed by atoms with Gasteiger partial charge in [0.25, 0.3) is 0 Å². The van der Waals surface area contributed by atoms with Crippen molar-refractivity contribution in [3.05, 3.63) is 94.9 Å². The normalized spacial score (nSPS) is 17.2. The van der Waals surface area contributed by atoms with Crippen LogP contribution in [-0.4, -0.2) is 23.1 Å². The number of pyridine rings is 1. The SMILES string of the molecule is COc1cc(N2C(=S)NC(c3ccccn3)C2c2ccc(-c3ccc(Br)cc3)o2)ccc1NC(=O)C(C)(C)C. The number of furan rings is 1. The average molecular weight is 606 g/mol. The molecule has 0 aliphatic carbocycles. The van der Waals surface area contributed by atoms with Crippen LogP contribution in [0.25, 0.3) is 11.3 Å². The van der Waals surface area contributed by atoms with E-state index in [9.17, 15) is 4.79 Å². The van der Waals surface area contributed by atoms with Gasteiger partial charge in [0, 0.05) is 33.4 Å². The molecule has 0 bridgehead atoms. The fourth-order valence-corrected chi connectivity index (χ4v) is 5.06. The second kappa shape index (κ2) is 10.8. The molecule has 1 aliphatic rings. The Balaban J connectivity index is 1.55. The molecule has 2 unspecified atom stereocenters. The first kappa shape index (κ1) is 26.9. The zero-order valence-corrected chi connectivity index (χ0v) is 24.5. The Morgan fingerprint density at radius 3 is 2.54 bits per heavy atom. The van der Waals surface area contributed by atoms with E-state index in [4.69, 9.17) is 21.4 Å². The van der Waals surface area contributed by atoms with Gasteiger partial charge in [-0.25, -0.2) is 0 Å². The molecule has 2 aromatic heterocycles. The summed E-state index contributed by atoms with van der Waals surface area (Å²) in [5, 5.41) is 6.95. The van der Waals surface area contributed by atoms with E-state index in [1.165, 1.54) is 0 Å². The van der Waals surface area contributed by atoms with E-state index in [-0.39, 0.29) is 18.0 Å². The van der Waals surface area contributed by atoms with Crippen LogP contribution in [0, 0.1) is 5.41 Å². The standard InChI is InChI=1S/C30H29BrN4O3S/c1-30(2,3)28(36)33-21-13-12-20(17-25(21)37-4)35-27(26(34-29(35)39)22-7-5-6-16-32-22)24-15-14-23(38-24)18-8-10-19(31)11-9-18/h5-17,26-27H,1-4H3,(H,33,36)(H,34,39). The van der Waals surface area contributed by atoms with E-state index in [1.54, 1.807) is 13.3 Å². The van der Waals surface area contributed by atoms with Gasteiger partial charge in [-0.2, -0.15) is 0 Å². The number of hydrogen-bond acceptors (Lipinski definition) is 5. The molecule has 39 heavy (non-hydrogen) atoms. The predicted molar refractivity (Wildman–Crippen MR) is 161 cm³/mol. The molecule has 0 radical (unpaired) electrons. The number of aromatic nitrogens is 1. The summed E-state index contributed by atoms with van der Waals surface area (Å²) in [6, 6.07) is 22.8. The predicted octanol–water partition coefficient (Wildman–Crippen LogP) is 7.27. The third kappa shape index (κ3) is 5.55. The Morgan fingerprint density at radius 1 is 1.10 bits per heavy atom. The lowest BCUT2D eigenvalue weighted by atomic mass is 9.95. The lowest BCUT2D eigenvalue weighted by Crippen LogP contribution is -2.30. The van der Waals surface area contributed by atoms with Crippen molar-refractivity contribution in [2.24, 2.45) is 5.41 Å². The topological polar surface area (TPSA) is 79.6 Å². The first-order valence-corrected chi connectivity index (χ1v) is 13.7. The maximum atomic E-state index is 12.6. The average Bonchev–Trinajstić information content (AvgIpc) is 3.54. The summed E-state index contributed by atoms with van der Waals surface area (Å²) < 4.78 is 13.1. The largest absolute Gasteiger partial charge is 0.494 e. The first-order chi connectivity index (χ1) is 18.7. The van der Waals surface area contributed by atoms with E-state index in [2.05, 4.69) is 31.5 Å². The van der Waals surface area contributed by atoms with Crippen LogP contribution >= 0.6 is 28.1 Å². The van der Waals surface area contributed by atoms with Gasteiger partial charge < -0.3 is 24.7 Å². The van der Waals surface area contributed by atoms with E-state index >= 15 is 0 Å². The summed E-state index contributed by atoms with van der Waals surface area (Å²) in [4.78, 5) is 19.3. The van der Waals surface area contributed by atoms with Gasteiger partial charge in [0.2, 0.25) is 5.91 Å². The van der Waals surface area contributed by atoms with Gasteiger partial charge in [-0.1, -0.05) is 54.9 Å². The number of hydrogen-bond donors (Lipinski definition) is 2. The van der Waals surface area contributed by atoms with Crippen molar-refractivity contribution >= 4 is 50.5 Å². The number of nitrogens with zero attached hydrogens (tertiary/aromatic N) is 2. The molecule has 1 amide bonds. The monoisotopic (exact) mass is 604 g/mol. The quantitative estimate of drug-likeness (QED) is 0.224. The van der Waals surface area contributed by atoms with Crippen molar-refractivity contribution in [2.75, 3.05) is 17.3 Å². The van der Waals surface area contributed by atoms with Gasteiger partial charge in [-0.05, 0) is 60.7 Å². The van der Waals surface area contributed by atoms with Crippen LogP contribution in [0.3, 0.4) is 0 Å². The summed E-state index contributed by atoms with van der Waals surface area (Å²) in [6.07, 6.45) is 1.77. The summed E-state index contributed by atoms with van der Waals surface area (Å²) in [7, 11) is 1.58. The van der Waals surface area contributed by atoms with Crippen LogP contribution in [0.5, 0.6) is 5.75 Å². The zero-order valence-electron chi connectivity index (χ0n) is 22.1. The maximum Gasteiger partial charge on any atom is 0.229 e. The molecule has 4 aromatic rings. The fraction of sp³-hybridized carbons (Fsp3) is 0.233. The second-order valence-electron chi connectivity index (χ2n) is 10.3. The molecule has 2 aromatic carbocycles. The van der Waals surface area contributed by atoms with Crippen LogP contribution in [0.1, 0.15) is 44.3 Å². The van der Waals surface area contributed by atoms with Gasteiger partial charge in [0.15, 0.2) is 5.11 Å². The Hall–Kier alpha value is -3.69. The molecule has 0 spiro atoms. The van der Waals surface area contributed by atoms with Gasteiger partial charge >= 0.3 is 0 Å². The Bertz CT molecular complexity index is 1500. The Kier molecular flexibility index (Phi) is 7.46. The highest BCUT2D eigenvalue weighted by molar-refractivity contribution is 9.10. The van der Waals surface area contributed by atoms with E-state index in [1.807, 2.05) is 98.5 Å². The molecule has 200 valence electrons. The summed E-state index contributed by atoms with van der Waals surface area (Å²) >= 11 is 9.34. The summed E-state index contributed by atoms with van der Waals surface area (Å²) in [5.74, 6) is 1.92. The minimum Gasteiger partial charge on any atom is -0.494 e. The molecule has 1 aliphatic heterocycles. The molecule has 9 heteroatoms. The molecule has 1 fully saturated rings. The minimum atomic E-state index is -0.545. The van der Waals surface area contributed by atoms with Crippen molar-refractivity contribution in [1.82, 2.24) is 10.3 Å². The van der Waals surface area contributed by atoms with E-state index in [0.717, 1.165) is 32.9 Å². The van der Waals surface area contributed by atoms with E-state index in [0.29, 0.717) is 16.5 Å².